The molecule has 0 radical (unpaired) electrons. The van der Waals surface area contributed by atoms with Gasteiger partial charge in [0.2, 0.25) is 0 Å². The molecule has 1 atom stereocenters. The van der Waals surface area contributed by atoms with Crippen molar-refractivity contribution in [2.75, 3.05) is 0 Å². The van der Waals surface area contributed by atoms with Crippen LogP contribution in [-0.4, -0.2) is 5.66 Å². The van der Waals surface area contributed by atoms with Crippen LogP contribution in [0, 0.1) is 0 Å². The van der Waals surface area contributed by atoms with Crippen molar-refractivity contribution in [3.8, 4) is 0 Å². The number of nitrogens with two attached hydrogens (primary N) is 2. The smallest absolute Gasteiger partial charge is 0.130 e. The lowest BCUT2D eigenvalue weighted by atomic mass is 9.96. The molecule has 2 rings (SSSR count). The van der Waals surface area contributed by atoms with Crippen LogP contribution in [0.5, 0.6) is 0 Å². The van der Waals surface area contributed by atoms with E-state index in [-0.39, 0.29) is 0 Å². The SMILES string of the molecule is NC1=CC=CNC1(N)Cc1ccccc1. The van der Waals surface area contributed by atoms with Crippen LogP contribution in [0.15, 0.2) is 54.4 Å². The van der Waals surface area contributed by atoms with Gasteiger partial charge in [0, 0.05) is 12.1 Å². The molecule has 1 aromatic rings. The lowest BCUT2D eigenvalue weighted by Crippen LogP contribution is -2.57. The highest BCUT2D eigenvalue weighted by molar-refractivity contribution is 5.30. The molecule has 3 nitrogen and oxygen atoms in total. The molecule has 0 bridgehead atoms. The molecule has 1 aliphatic rings. The van der Waals surface area contributed by atoms with Gasteiger partial charge in [0.25, 0.3) is 0 Å². The molecule has 0 fully saturated rings. The number of rotatable bonds is 2. The van der Waals surface area contributed by atoms with E-state index in [9.17, 15) is 0 Å². The third kappa shape index (κ3) is 2.02. The Morgan fingerprint density at radius 3 is 2.60 bits per heavy atom. The number of hydrogen-bond acceptors (Lipinski definition) is 3. The van der Waals surface area contributed by atoms with Crippen LogP contribution in [0.25, 0.3) is 0 Å². The third-order valence-corrected chi connectivity index (χ3v) is 2.55. The Morgan fingerprint density at radius 2 is 1.93 bits per heavy atom. The van der Waals surface area contributed by atoms with Crippen molar-refractivity contribution in [3.63, 3.8) is 0 Å². The summed E-state index contributed by atoms with van der Waals surface area (Å²) in [7, 11) is 0. The van der Waals surface area contributed by atoms with E-state index < -0.39 is 5.66 Å². The van der Waals surface area contributed by atoms with Crippen LogP contribution >= 0.6 is 0 Å². The van der Waals surface area contributed by atoms with Crippen molar-refractivity contribution in [1.29, 1.82) is 0 Å². The number of allylic oxidation sites excluding steroid dienone is 2. The number of hydrogen-bond donors (Lipinski definition) is 3. The van der Waals surface area contributed by atoms with Crippen LogP contribution in [0.2, 0.25) is 0 Å². The van der Waals surface area contributed by atoms with Crippen LogP contribution < -0.4 is 16.8 Å². The van der Waals surface area contributed by atoms with Crippen LogP contribution in [-0.2, 0) is 6.42 Å². The largest absolute Gasteiger partial charge is 0.399 e. The first-order chi connectivity index (χ1) is 7.21. The summed E-state index contributed by atoms with van der Waals surface area (Å²) in [6.45, 7) is 0. The van der Waals surface area contributed by atoms with E-state index in [0.717, 1.165) is 0 Å². The Balaban J connectivity index is 2.19. The predicted molar refractivity (Wildman–Crippen MR) is 61.6 cm³/mol. The van der Waals surface area contributed by atoms with Gasteiger partial charge < -0.3 is 16.8 Å². The van der Waals surface area contributed by atoms with Gasteiger partial charge in [0.1, 0.15) is 5.66 Å². The minimum Gasteiger partial charge on any atom is -0.399 e. The number of dihydropyridines is 1. The fourth-order valence-corrected chi connectivity index (χ4v) is 1.65. The van der Waals surface area contributed by atoms with Gasteiger partial charge >= 0.3 is 0 Å². The highest BCUT2D eigenvalue weighted by Gasteiger charge is 2.27. The second kappa shape index (κ2) is 3.79. The lowest BCUT2D eigenvalue weighted by molar-refractivity contribution is 0.433. The molecule has 0 saturated carbocycles. The van der Waals surface area contributed by atoms with Crippen molar-refractivity contribution < 1.29 is 0 Å². The van der Waals surface area contributed by atoms with Gasteiger partial charge in [-0.2, -0.15) is 0 Å². The van der Waals surface area contributed by atoms with E-state index in [1.165, 1.54) is 5.56 Å². The zero-order valence-electron chi connectivity index (χ0n) is 8.48. The van der Waals surface area contributed by atoms with Crippen molar-refractivity contribution >= 4 is 0 Å². The second-order valence-corrected chi connectivity index (χ2v) is 3.76. The van der Waals surface area contributed by atoms with E-state index in [1.807, 2.05) is 48.7 Å². The average molecular weight is 201 g/mol. The Labute approximate surface area is 89.5 Å². The molecule has 0 saturated heterocycles. The first-order valence-electron chi connectivity index (χ1n) is 4.94. The summed E-state index contributed by atoms with van der Waals surface area (Å²) in [5.74, 6) is 0. The maximum atomic E-state index is 6.18. The molecule has 0 aliphatic carbocycles. The van der Waals surface area contributed by atoms with E-state index in [4.69, 9.17) is 11.5 Å². The van der Waals surface area contributed by atoms with E-state index >= 15 is 0 Å². The normalized spacial score (nSPS) is 24.5. The molecule has 15 heavy (non-hydrogen) atoms. The Hall–Kier alpha value is -1.74. The maximum Gasteiger partial charge on any atom is 0.130 e. The fourth-order valence-electron chi connectivity index (χ4n) is 1.65. The lowest BCUT2D eigenvalue weighted by Gasteiger charge is -2.32. The first-order valence-corrected chi connectivity index (χ1v) is 4.94. The van der Waals surface area contributed by atoms with E-state index in [1.54, 1.807) is 0 Å². The standard InChI is InChI=1S/C12H15N3/c13-11-7-4-8-15-12(11,14)9-10-5-2-1-3-6-10/h1-8,15H,9,13-14H2. The Bertz CT molecular complexity index is 395. The minimum atomic E-state index is -0.657. The summed E-state index contributed by atoms with van der Waals surface area (Å²) in [6.07, 6.45) is 6.19. The molecule has 1 aromatic carbocycles. The van der Waals surface area contributed by atoms with Gasteiger partial charge in [0.05, 0.1) is 0 Å². The summed E-state index contributed by atoms with van der Waals surface area (Å²) in [6, 6.07) is 10.1. The van der Waals surface area contributed by atoms with E-state index in [2.05, 4.69) is 5.32 Å². The summed E-state index contributed by atoms with van der Waals surface area (Å²) in [4.78, 5) is 0. The zero-order valence-corrected chi connectivity index (χ0v) is 8.48. The molecule has 5 N–H and O–H groups in total. The highest BCUT2D eigenvalue weighted by atomic mass is 15.1. The minimum absolute atomic E-state index is 0.657. The van der Waals surface area contributed by atoms with Crippen molar-refractivity contribution in [1.82, 2.24) is 5.32 Å². The molecule has 0 aromatic heterocycles. The number of benzene rings is 1. The van der Waals surface area contributed by atoms with Gasteiger partial charge in [-0.3, -0.25) is 0 Å². The van der Waals surface area contributed by atoms with Crippen molar-refractivity contribution in [3.05, 3.63) is 59.9 Å². The molecule has 0 amide bonds. The molecular formula is C12H15N3. The molecular weight excluding hydrogens is 186 g/mol. The summed E-state index contributed by atoms with van der Waals surface area (Å²) in [5.41, 5.74) is 13.2. The summed E-state index contributed by atoms with van der Waals surface area (Å²) in [5, 5.41) is 3.10. The van der Waals surface area contributed by atoms with Crippen molar-refractivity contribution in [2.24, 2.45) is 11.5 Å². The maximum absolute atomic E-state index is 6.18. The molecule has 78 valence electrons. The second-order valence-electron chi connectivity index (χ2n) is 3.76. The predicted octanol–water partition coefficient (Wildman–Crippen LogP) is 0.844. The molecule has 1 aliphatic heterocycles. The number of nitrogens with one attached hydrogen (secondary N) is 1. The first kappa shape index (κ1) is 9.80. The zero-order chi connectivity index (χ0) is 10.7. The molecule has 3 heteroatoms. The quantitative estimate of drug-likeness (QED) is 0.664. The third-order valence-electron chi connectivity index (χ3n) is 2.55. The van der Waals surface area contributed by atoms with Crippen LogP contribution in [0.4, 0.5) is 0 Å². The molecule has 1 heterocycles. The van der Waals surface area contributed by atoms with Gasteiger partial charge in [-0.05, 0) is 23.9 Å². The van der Waals surface area contributed by atoms with Crippen LogP contribution in [0.1, 0.15) is 5.56 Å². The van der Waals surface area contributed by atoms with Gasteiger partial charge in [-0.1, -0.05) is 30.3 Å². The fraction of sp³-hybridized carbons (Fsp3) is 0.167. The van der Waals surface area contributed by atoms with E-state index in [0.29, 0.717) is 12.1 Å². The Morgan fingerprint density at radius 1 is 1.20 bits per heavy atom. The molecule has 0 spiro atoms. The summed E-state index contributed by atoms with van der Waals surface area (Å²) < 4.78 is 0. The van der Waals surface area contributed by atoms with Crippen LogP contribution in [0.3, 0.4) is 0 Å². The summed E-state index contributed by atoms with van der Waals surface area (Å²) >= 11 is 0. The monoisotopic (exact) mass is 201 g/mol. The molecule has 1 unspecified atom stereocenters. The van der Waals surface area contributed by atoms with Crippen molar-refractivity contribution in [2.45, 2.75) is 12.1 Å². The van der Waals surface area contributed by atoms with Gasteiger partial charge in [0.15, 0.2) is 0 Å². The topological polar surface area (TPSA) is 64.1 Å². The highest BCUT2D eigenvalue weighted by Crippen LogP contribution is 2.16. The van der Waals surface area contributed by atoms with Gasteiger partial charge in [-0.15, -0.1) is 0 Å². The average Bonchev–Trinajstić information content (AvgIpc) is 2.24. The Kier molecular flexibility index (Phi) is 2.47. The van der Waals surface area contributed by atoms with Gasteiger partial charge in [-0.25, -0.2) is 0 Å².